The molecule has 0 aliphatic rings. The summed E-state index contributed by atoms with van der Waals surface area (Å²) in [7, 11) is 3.50. The highest BCUT2D eigenvalue weighted by Crippen LogP contribution is 2.23. The largest absolute Gasteiger partial charge is 0.383 e. The van der Waals surface area contributed by atoms with Gasteiger partial charge in [-0.05, 0) is 31.7 Å². The van der Waals surface area contributed by atoms with Crippen LogP contribution in [0.15, 0.2) is 35.1 Å². The van der Waals surface area contributed by atoms with Crippen molar-refractivity contribution in [1.82, 2.24) is 15.1 Å². The number of nitrogens with zero attached hydrogens (tertiary/aromatic N) is 2. The Labute approximate surface area is 140 Å². The first-order chi connectivity index (χ1) is 11.5. The summed E-state index contributed by atoms with van der Waals surface area (Å²) < 4.78 is 5.00. The minimum Gasteiger partial charge on any atom is -0.383 e. The Bertz CT molecular complexity index is 737. The van der Waals surface area contributed by atoms with Crippen molar-refractivity contribution in [1.29, 1.82) is 0 Å². The zero-order valence-electron chi connectivity index (χ0n) is 14.1. The zero-order chi connectivity index (χ0) is 17.5. The van der Waals surface area contributed by atoms with Gasteiger partial charge in [-0.15, -0.1) is 0 Å². The highest BCUT2D eigenvalue weighted by atomic mass is 16.5. The molecule has 0 aliphatic heterocycles. The van der Waals surface area contributed by atoms with Crippen LogP contribution < -0.4 is 10.9 Å². The van der Waals surface area contributed by atoms with Crippen LogP contribution in [0.4, 0.5) is 5.69 Å². The molecule has 1 aromatic carbocycles. The number of aromatic nitrogens is 2. The van der Waals surface area contributed by atoms with Crippen LogP contribution in [0.25, 0.3) is 11.3 Å². The molecule has 2 rings (SSSR count). The number of anilines is 1. The maximum Gasteiger partial charge on any atom is 0.264 e. The monoisotopic (exact) mass is 330 g/mol. The molecule has 1 aromatic heterocycles. The van der Waals surface area contributed by atoms with Gasteiger partial charge in [-0.2, -0.15) is 5.10 Å². The van der Waals surface area contributed by atoms with E-state index < -0.39 is 0 Å². The minimum atomic E-state index is -0.251. The number of hydrogen-bond donors (Lipinski definition) is 2. The average Bonchev–Trinajstić information content (AvgIpc) is 2.55. The summed E-state index contributed by atoms with van der Waals surface area (Å²) in [5.41, 5.74) is 2.89. The first kappa shape index (κ1) is 17.8. The van der Waals surface area contributed by atoms with Gasteiger partial charge in [0.1, 0.15) is 0 Å². The number of H-pyrrole nitrogens is 1. The quantitative estimate of drug-likeness (QED) is 0.798. The summed E-state index contributed by atoms with van der Waals surface area (Å²) >= 11 is 0. The molecule has 24 heavy (non-hydrogen) atoms. The van der Waals surface area contributed by atoms with Gasteiger partial charge >= 0.3 is 0 Å². The van der Waals surface area contributed by atoms with Crippen LogP contribution >= 0.6 is 0 Å². The standard InChI is InChI=1S/C17H22N4O3/c1-12-4-5-13(14-6-7-16(22)20-19-14)10-15(12)18-17(23)11-21(2)8-9-24-3/h4-7,10H,8-9,11H2,1-3H3,(H,18,23)(H,20,22). The maximum atomic E-state index is 12.2. The van der Waals surface area contributed by atoms with E-state index in [4.69, 9.17) is 4.74 Å². The normalized spacial score (nSPS) is 10.8. The smallest absolute Gasteiger partial charge is 0.264 e. The fourth-order valence-corrected chi connectivity index (χ4v) is 2.18. The lowest BCUT2D eigenvalue weighted by molar-refractivity contribution is -0.117. The number of aryl methyl sites for hydroxylation is 1. The molecule has 2 N–H and O–H groups in total. The summed E-state index contributed by atoms with van der Waals surface area (Å²) in [6.45, 7) is 3.47. The molecule has 0 bridgehead atoms. The van der Waals surface area contributed by atoms with Crippen LogP contribution in [0, 0.1) is 6.92 Å². The lowest BCUT2D eigenvalue weighted by atomic mass is 10.1. The van der Waals surface area contributed by atoms with Gasteiger partial charge in [0, 0.05) is 31.0 Å². The Morgan fingerprint density at radius 3 is 2.79 bits per heavy atom. The number of nitrogens with one attached hydrogen (secondary N) is 2. The van der Waals surface area contributed by atoms with Crippen LogP contribution in [0.5, 0.6) is 0 Å². The molecule has 0 spiro atoms. The molecule has 7 nitrogen and oxygen atoms in total. The molecule has 0 saturated carbocycles. The number of ether oxygens (including phenoxy) is 1. The van der Waals surface area contributed by atoms with E-state index in [2.05, 4.69) is 15.5 Å². The molecule has 1 heterocycles. The van der Waals surface area contributed by atoms with Gasteiger partial charge in [-0.3, -0.25) is 14.5 Å². The summed E-state index contributed by atoms with van der Waals surface area (Å²) in [4.78, 5) is 25.2. The Kier molecular flexibility index (Phi) is 6.22. The number of likely N-dealkylation sites (N-methyl/N-ethyl adjacent to an activating group) is 1. The highest BCUT2D eigenvalue weighted by Gasteiger charge is 2.10. The molecule has 128 valence electrons. The van der Waals surface area contributed by atoms with Gasteiger partial charge in [-0.25, -0.2) is 5.10 Å². The van der Waals surface area contributed by atoms with Crippen molar-refractivity contribution in [3.05, 3.63) is 46.2 Å². The van der Waals surface area contributed by atoms with Crippen LogP contribution in [0.3, 0.4) is 0 Å². The van der Waals surface area contributed by atoms with E-state index in [1.54, 1.807) is 13.2 Å². The number of rotatable bonds is 7. The van der Waals surface area contributed by atoms with Crippen LogP contribution in [-0.2, 0) is 9.53 Å². The van der Waals surface area contributed by atoms with E-state index in [-0.39, 0.29) is 18.0 Å². The lowest BCUT2D eigenvalue weighted by Gasteiger charge is -2.16. The van der Waals surface area contributed by atoms with Crippen molar-refractivity contribution < 1.29 is 9.53 Å². The van der Waals surface area contributed by atoms with Crippen molar-refractivity contribution in [3.63, 3.8) is 0 Å². The number of benzene rings is 1. The van der Waals surface area contributed by atoms with E-state index in [1.807, 2.05) is 37.1 Å². The Balaban J connectivity index is 2.09. The summed E-state index contributed by atoms with van der Waals surface area (Å²) in [6.07, 6.45) is 0. The van der Waals surface area contributed by atoms with Gasteiger partial charge in [0.25, 0.3) is 5.56 Å². The molecule has 0 fully saturated rings. The van der Waals surface area contributed by atoms with Gasteiger partial charge in [0.05, 0.1) is 18.8 Å². The number of amides is 1. The number of carbonyl (C=O) groups excluding carboxylic acids is 1. The van der Waals surface area contributed by atoms with Crippen molar-refractivity contribution >= 4 is 11.6 Å². The Hall–Kier alpha value is -2.51. The number of aromatic amines is 1. The van der Waals surface area contributed by atoms with E-state index in [0.717, 1.165) is 16.8 Å². The SMILES string of the molecule is COCCN(C)CC(=O)Nc1cc(-c2ccc(=O)[nH]n2)ccc1C. The summed E-state index contributed by atoms with van der Waals surface area (Å²) in [6, 6.07) is 8.73. The van der Waals surface area contributed by atoms with Crippen molar-refractivity contribution in [2.45, 2.75) is 6.92 Å². The van der Waals surface area contributed by atoms with Crippen LogP contribution in [-0.4, -0.2) is 54.9 Å². The molecule has 0 aliphatic carbocycles. The minimum absolute atomic E-state index is 0.0942. The topological polar surface area (TPSA) is 87.3 Å². The molecule has 1 amide bonds. The number of methoxy groups -OCH3 is 1. The van der Waals surface area contributed by atoms with Crippen molar-refractivity contribution in [3.8, 4) is 11.3 Å². The molecular formula is C17H22N4O3. The van der Waals surface area contributed by atoms with Gasteiger partial charge in [0.15, 0.2) is 0 Å². The summed E-state index contributed by atoms with van der Waals surface area (Å²) in [5.74, 6) is -0.0942. The lowest BCUT2D eigenvalue weighted by Crippen LogP contribution is -2.32. The number of hydrogen-bond acceptors (Lipinski definition) is 5. The van der Waals surface area contributed by atoms with Crippen LogP contribution in [0.1, 0.15) is 5.56 Å². The maximum absolute atomic E-state index is 12.2. The Morgan fingerprint density at radius 1 is 1.33 bits per heavy atom. The molecule has 0 radical (unpaired) electrons. The van der Waals surface area contributed by atoms with Gasteiger partial charge in [-0.1, -0.05) is 12.1 Å². The van der Waals surface area contributed by atoms with Gasteiger partial charge in [0.2, 0.25) is 5.91 Å². The number of carbonyl (C=O) groups is 1. The predicted molar refractivity (Wildman–Crippen MR) is 93.0 cm³/mol. The van der Waals surface area contributed by atoms with E-state index >= 15 is 0 Å². The second-order valence-electron chi connectivity index (χ2n) is 5.61. The second-order valence-corrected chi connectivity index (χ2v) is 5.61. The van der Waals surface area contributed by atoms with Gasteiger partial charge < -0.3 is 10.1 Å². The molecular weight excluding hydrogens is 308 g/mol. The first-order valence-electron chi connectivity index (χ1n) is 7.63. The third kappa shape index (κ3) is 5.00. The summed E-state index contributed by atoms with van der Waals surface area (Å²) in [5, 5.41) is 9.33. The first-order valence-corrected chi connectivity index (χ1v) is 7.63. The predicted octanol–water partition coefficient (Wildman–Crippen LogP) is 1.26. The molecule has 7 heteroatoms. The molecule has 0 unspecified atom stereocenters. The Morgan fingerprint density at radius 2 is 2.12 bits per heavy atom. The second kappa shape index (κ2) is 8.37. The van der Waals surface area contributed by atoms with Crippen LogP contribution in [0.2, 0.25) is 0 Å². The third-order valence-electron chi connectivity index (χ3n) is 3.58. The van der Waals surface area contributed by atoms with E-state index in [1.165, 1.54) is 6.07 Å². The van der Waals surface area contributed by atoms with E-state index in [0.29, 0.717) is 18.8 Å². The highest BCUT2D eigenvalue weighted by molar-refractivity contribution is 5.93. The fraction of sp³-hybridized carbons (Fsp3) is 0.353. The third-order valence-corrected chi connectivity index (χ3v) is 3.58. The van der Waals surface area contributed by atoms with Crippen molar-refractivity contribution in [2.75, 3.05) is 39.2 Å². The molecule has 0 saturated heterocycles. The fourth-order valence-electron chi connectivity index (χ4n) is 2.18. The van der Waals surface area contributed by atoms with Crippen molar-refractivity contribution in [2.24, 2.45) is 0 Å². The molecule has 2 aromatic rings. The van der Waals surface area contributed by atoms with E-state index in [9.17, 15) is 9.59 Å². The zero-order valence-corrected chi connectivity index (χ0v) is 14.1. The average molecular weight is 330 g/mol. The molecule has 0 atom stereocenters.